The standard InChI is InChI=1S/C12H19N3O2.2ClH/c1-12(2,3)10(13)11(16)15-8-7-14-6-5-9(8)17-4;;/h5-7,10H,13H2,1-4H3,(H,15,16);2*1H/t10-;;/m1../s1. The highest BCUT2D eigenvalue weighted by Crippen LogP contribution is 2.24. The molecule has 0 saturated heterocycles. The number of nitrogens with one attached hydrogen (secondary N) is 1. The average molecular weight is 310 g/mol. The van der Waals surface area contributed by atoms with Gasteiger partial charge in [0.05, 0.1) is 19.3 Å². The number of carbonyl (C=O) groups is 1. The van der Waals surface area contributed by atoms with E-state index < -0.39 is 6.04 Å². The van der Waals surface area contributed by atoms with Gasteiger partial charge in [0.25, 0.3) is 0 Å². The van der Waals surface area contributed by atoms with Gasteiger partial charge in [-0.05, 0) is 5.41 Å². The number of ether oxygens (including phenoxy) is 1. The van der Waals surface area contributed by atoms with E-state index in [1.165, 1.54) is 13.3 Å². The lowest BCUT2D eigenvalue weighted by Gasteiger charge is -2.26. The van der Waals surface area contributed by atoms with Gasteiger partial charge in [-0.3, -0.25) is 9.78 Å². The smallest absolute Gasteiger partial charge is 0.241 e. The average Bonchev–Trinajstić information content (AvgIpc) is 2.27. The molecule has 1 rings (SSSR count). The SMILES string of the molecule is COc1ccncc1NC(=O)[C@@H](N)C(C)(C)C.Cl.Cl. The van der Waals surface area contributed by atoms with Crippen molar-refractivity contribution >= 4 is 36.4 Å². The molecule has 7 heteroatoms. The predicted molar refractivity (Wildman–Crippen MR) is 81.3 cm³/mol. The monoisotopic (exact) mass is 309 g/mol. The summed E-state index contributed by atoms with van der Waals surface area (Å²) >= 11 is 0. The molecule has 19 heavy (non-hydrogen) atoms. The van der Waals surface area contributed by atoms with Gasteiger partial charge in [-0.25, -0.2) is 0 Å². The number of hydrogen-bond donors (Lipinski definition) is 2. The van der Waals surface area contributed by atoms with Crippen LogP contribution in [0.3, 0.4) is 0 Å². The van der Waals surface area contributed by atoms with Gasteiger partial charge in [0, 0.05) is 12.3 Å². The van der Waals surface area contributed by atoms with E-state index in [-0.39, 0.29) is 36.1 Å². The number of anilines is 1. The highest BCUT2D eigenvalue weighted by molar-refractivity contribution is 5.96. The summed E-state index contributed by atoms with van der Waals surface area (Å²) < 4.78 is 5.12. The molecule has 0 aliphatic rings. The van der Waals surface area contributed by atoms with Crippen LogP contribution in [0.15, 0.2) is 18.5 Å². The maximum atomic E-state index is 11.9. The minimum atomic E-state index is -0.590. The molecule has 0 bridgehead atoms. The Morgan fingerprint density at radius 1 is 1.42 bits per heavy atom. The molecule has 0 radical (unpaired) electrons. The van der Waals surface area contributed by atoms with Gasteiger partial charge in [0.1, 0.15) is 11.4 Å². The number of amides is 1. The Kier molecular flexibility index (Phi) is 8.75. The van der Waals surface area contributed by atoms with Gasteiger partial charge in [0.2, 0.25) is 5.91 Å². The number of halogens is 2. The zero-order chi connectivity index (χ0) is 13.1. The Balaban J connectivity index is 0. The molecule has 0 aliphatic carbocycles. The summed E-state index contributed by atoms with van der Waals surface area (Å²) in [4.78, 5) is 15.8. The number of aromatic nitrogens is 1. The van der Waals surface area contributed by atoms with Crippen molar-refractivity contribution in [1.82, 2.24) is 4.98 Å². The molecule has 1 aromatic heterocycles. The lowest BCUT2D eigenvalue weighted by atomic mass is 9.87. The summed E-state index contributed by atoms with van der Waals surface area (Å²) in [6, 6.07) is 1.09. The largest absolute Gasteiger partial charge is 0.494 e. The Morgan fingerprint density at radius 3 is 2.47 bits per heavy atom. The van der Waals surface area contributed by atoms with Crippen LogP contribution >= 0.6 is 24.8 Å². The van der Waals surface area contributed by atoms with Gasteiger partial charge in [-0.1, -0.05) is 20.8 Å². The van der Waals surface area contributed by atoms with Gasteiger partial charge in [-0.2, -0.15) is 0 Å². The highest BCUT2D eigenvalue weighted by atomic mass is 35.5. The van der Waals surface area contributed by atoms with E-state index in [2.05, 4.69) is 10.3 Å². The Hall–Kier alpha value is -1.04. The molecule has 0 fully saturated rings. The van der Waals surface area contributed by atoms with Crippen molar-refractivity contribution in [2.75, 3.05) is 12.4 Å². The first-order valence-electron chi connectivity index (χ1n) is 5.40. The van der Waals surface area contributed by atoms with Crippen molar-refractivity contribution in [2.45, 2.75) is 26.8 Å². The Morgan fingerprint density at radius 2 is 2.00 bits per heavy atom. The van der Waals surface area contributed by atoms with Gasteiger partial charge in [-0.15, -0.1) is 24.8 Å². The predicted octanol–water partition coefficient (Wildman–Crippen LogP) is 2.25. The molecule has 0 aromatic carbocycles. The molecule has 1 heterocycles. The van der Waals surface area contributed by atoms with E-state index in [0.29, 0.717) is 11.4 Å². The van der Waals surface area contributed by atoms with Crippen molar-refractivity contribution in [2.24, 2.45) is 11.1 Å². The van der Waals surface area contributed by atoms with Crippen LogP contribution < -0.4 is 15.8 Å². The molecule has 0 saturated carbocycles. The van der Waals surface area contributed by atoms with Crippen LogP contribution in [0.4, 0.5) is 5.69 Å². The van der Waals surface area contributed by atoms with Crippen LogP contribution in [-0.4, -0.2) is 24.0 Å². The topological polar surface area (TPSA) is 77.2 Å². The number of nitrogens with zero attached hydrogens (tertiary/aromatic N) is 1. The first-order valence-corrected chi connectivity index (χ1v) is 5.40. The summed E-state index contributed by atoms with van der Waals surface area (Å²) in [5.74, 6) is 0.318. The second-order valence-electron chi connectivity index (χ2n) is 4.91. The number of hydrogen-bond acceptors (Lipinski definition) is 4. The van der Waals surface area contributed by atoms with Crippen LogP contribution in [-0.2, 0) is 4.79 Å². The van der Waals surface area contributed by atoms with Crippen LogP contribution in [0.1, 0.15) is 20.8 Å². The van der Waals surface area contributed by atoms with Crippen molar-refractivity contribution in [3.63, 3.8) is 0 Å². The minimum absolute atomic E-state index is 0. The van der Waals surface area contributed by atoms with Gasteiger partial charge >= 0.3 is 0 Å². The number of pyridine rings is 1. The van der Waals surface area contributed by atoms with E-state index in [0.717, 1.165) is 0 Å². The zero-order valence-electron chi connectivity index (χ0n) is 11.5. The summed E-state index contributed by atoms with van der Waals surface area (Å²) in [5, 5.41) is 2.72. The lowest BCUT2D eigenvalue weighted by molar-refractivity contribution is -0.119. The van der Waals surface area contributed by atoms with Crippen molar-refractivity contribution in [3.8, 4) is 5.75 Å². The molecule has 5 nitrogen and oxygen atoms in total. The fourth-order valence-corrected chi connectivity index (χ4v) is 1.26. The van der Waals surface area contributed by atoms with Crippen LogP contribution in [0.5, 0.6) is 5.75 Å². The minimum Gasteiger partial charge on any atom is -0.494 e. The molecule has 110 valence electrons. The number of carbonyl (C=O) groups excluding carboxylic acids is 1. The molecule has 1 aromatic rings. The first-order chi connectivity index (χ1) is 7.86. The number of rotatable bonds is 3. The summed E-state index contributed by atoms with van der Waals surface area (Å²) in [7, 11) is 1.54. The third-order valence-corrected chi connectivity index (χ3v) is 2.47. The third kappa shape index (κ3) is 5.63. The lowest BCUT2D eigenvalue weighted by Crippen LogP contribution is -2.45. The maximum absolute atomic E-state index is 11.9. The summed E-state index contributed by atoms with van der Waals surface area (Å²) in [5.41, 5.74) is 6.10. The number of nitrogens with two attached hydrogens (primary N) is 1. The van der Waals surface area contributed by atoms with Crippen molar-refractivity contribution < 1.29 is 9.53 Å². The maximum Gasteiger partial charge on any atom is 0.241 e. The summed E-state index contributed by atoms with van der Waals surface area (Å²) in [6.07, 6.45) is 3.13. The second kappa shape index (κ2) is 8.19. The van der Waals surface area contributed by atoms with Crippen molar-refractivity contribution in [1.29, 1.82) is 0 Å². The fraction of sp³-hybridized carbons (Fsp3) is 0.500. The highest BCUT2D eigenvalue weighted by Gasteiger charge is 2.27. The fourth-order valence-electron chi connectivity index (χ4n) is 1.26. The molecule has 1 amide bonds. The van der Waals surface area contributed by atoms with Gasteiger partial charge < -0.3 is 15.8 Å². The zero-order valence-corrected chi connectivity index (χ0v) is 13.1. The molecule has 3 N–H and O–H groups in total. The van der Waals surface area contributed by atoms with E-state index in [1.54, 1.807) is 12.3 Å². The van der Waals surface area contributed by atoms with E-state index in [4.69, 9.17) is 10.5 Å². The molecular formula is C12H21Cl2N3O2. The molecule has 0 unspecified atom stereocenters. The van der Waals surface area contributed by atoms with E-state index in [1.807, 2.05) is 20.8 Å². The van der Waals surface area contributed by atoms with Crippen LogP contribution in [0.25, 0.3) is 0 Å². The van der Waals surface area contributed by atoms with Crippen LogP contribution in [0, 0.1) is 5.41 Å². The molecule has 1 atom stereocenters. The van der Waals surface area contributed by atoms with Crippen LogP contribution in [0.2, 0.25) is 0 Å². The van der Waals surface area contributed by atoms with Gasteiger partial charge in [0.15, 0.2) is 0 Å². The Labute approximate surface area is 126 Å². The summed E-state index contributed by atoms with van der Waals surface area (Å²) in [6.45, 7) is 5.74. The second-order valence-corrected chi connectivity index (χ2v) is 4.91. The molecule has 0 aliphatic heterocycles. The van der Waals surface area contributed by atoms with E-state index >= 15 is 0 Å². The van der Waals surface area contributed by atoms with Crippen molar-refractivity contribution in [3.05, 3.63) is 18.5 Å². The molecule has 0 spiro atoms. The third-order valence-electron chi connectivity index (χ3n) is 2.47. The number of methoxy groups -OCH3 is 1. The van der Waals surface area contributed by atoms with E-state index in [9.17, 15) is 4.79 Å². The molecular weight excluding hydrogens is 289 g/mol. The normalized spacial score (nSPS) is 11.6. The Bertz CT molecular complexity index is 408. The quantitative estimate of drug-likeness (QED) is 0.897. The first kappa shape index (κ1) is 20.3.